The number of hydrogen-bond donors (Lipinski definition) is 1. The highest BCUT2D eigenvalue weighted by atomic mass is 16.5. The molecule has 1 fully saturated rings. The Morgan fingerprint density at radius 3 is 2.70 bits per heavy atom. The Balaban J connectivity index is 2.08. The molecule has 1 aliphatic heterocycles. The molecule has 2 heteroatoms. The molecule has 2 atom stereocenters. The molecule has 3 rings (SSSR count). The van der Waals surface area contributed by atoms with Crippen molar-refractivity contribution < 1.29 is 4.74 Å². The Morgan fingerprint density at radius 1 is 1.20 bits per heavy atom. The highest BCUT2D eigenvalue weighted by Gasteiger charge is 2.27. The fourth-order valence-corrected chi connectivity index (χ4v) is 3.27. The summed E-state index contributed by atoms with van der Waals surface area (Å²) in [6.07, 6.45) is 2.64. The maximum absolute atomic E-state index is 5.94. The zero-order valence-electron chi connectivity index (χ0n) is 12.4. The lowest BCUT2D eigenvalue weighted by Crippen LogP contribution is -2.31. The second-order valence-corrected chi connectivity index (χ2v) is 5.60. The van der Waals surface area contributed by atoms with Gasteiger partial charge in [0.2, 0.25) is 0 Å². The molecule has 0 bridgehead atoms. The van der Waals surface area contributed by atoms with Crippen molar-refractivity contribution in [2.75, 3.05) is 13.2 Å². The van der Waals surface area contributed by atoms with Gasteiger partial charge >= 0.3 is 0 Å². The van der Waals surface area contributed by atoms with Crippen molar-refractivity contribution in [3.8, 4) is 0 Å². The van der Waals surface area contributed by atoms with Crippen LogP contribution in [-0.2, 0) is 4.74 Å². The molecule has 20 heavy (non-hydrogen) atoms. The van der Waals surface area contributed by atoms with Crippen LogP contribution in [0.25, 0.3) is 10.8 Å². The highest BCUT2D eigenvalue weighted by Crippen LogP contribution is 2.32. The molecule has 1 heterocycles. The average molecular weight is 269 g/mol. The van der Waals surface area contributed by atoms with Crippen LogP contribution >= 0.6 is 0 Å². The summed E-state index contributed by atoms with van der Waals surface area (Å²) in [5.74, 6) is 0. The van der Waals surface area contributed by atoms with E-state index in [0.29, 0.717) is 12.1 Å². The fraction of sp³-hybridized carbons (Fsp3) is 0.444. The summed E-state index contributed by atoms with van der Waals surface area (Å²) in [6.45, 7) is 6.21. The van der Waals surface area contributed by atoms with E-state index in [1.165, 1.54) is 28.3 Å². The lowest BCUT2D eigenvalue weighted by molar-refractivity contribution is 0.0792. The summed E-state index contributed by atoms with van der Waals surface area (Å²) in [5, 5.41) is 6.34. The molecule has 0 saturated carbocycles. The quantitative estimate of drug-likeness (QED) is 0.906. The van der Waals surface area contributed by atoms with Crippen LogP contribution in [0.1, 0.15) is 36.9 Å². The van der Waals surface area contributed by atoms with Gasteiger partial charge in [0.15, 0.2) is 0 Å². The van der Waals surface area contributed by atoms with Crippen molar-refractivity contribution in [1.29, 1.82) is 0 Å². The molecule has 0 aliphatic carbocycles. The molecular weight excluding hydrogens is 246 g/mol. The number of benzene rings is 2. The molecule has 0 spiro atoms. The first kappa shape index (κ1) is 13.6. The molecule has 1 aliphatic rings. The minimum atomic E-state index is 0.299. The number of nitrogens with one attached hydrogen (secondary N) is 1. The summed E-state index contributed by atoms with van der Waals surface area (Å²) in [7, 11) is 0. The Labute approximate surface area is 121 Å². The van der Waals surface area contributed by atoms with Gasteiger partial charge in [0.1, 0.15) is 0 Å². The molecule has 2 aromatic rings. The van der Waals surface area contributed by atoms with E-state index in [4.69, 9.17) is 4.74 Å². The van der Waals surface area contributed by atoms with Crippen LogP contribution in [0, 0.1) is 6.92 Å². The molecule has 1 N–H and O–H groups in total. The first-order valence-corrected chi connectivity index (χ1v) is 7.64. The normalized spacial score (nSPS) is 20.4. The Hall–Kier alpha value is -1.38. The van der Waals surface area contributed by atoms with Gasteiger partial charge in [-0.2, -0.15) is 0 Å². The van der Waals surface area contributed by atoms with E-state index >= 15 is 0 Å². The van der Waals surface area contributed by atoms with Gasteiger partial charge in [0, 0.05) is 6.61 Å². The van der Waals surface area contributed by atoms with Crippen molar-refractivity contribution in [3.63, 3.8) is 0 Å². The topological polar surface area (TPSA) is 21.3 Å². The molecule has 0 amide bonds. The third kappa shape index (κ3) is 2.46. The third-order valence-corrected chi connectivity index (χ3v) is 4.27. The standard InChI is InChI=1S/C18H23NO/c1-3-19-18(17-9-6-12-20-17)16-11-10-13(2)14-7-4-5-8-15(14)16/h4-5,7-8,10-11,17-19H,3,6,9,12H2,1-2H3. The number of fused-ring (bicyclic) bond motifs is 1. The van der Waals surface area contributed by atoms with Gasteiger partial charge < -0.3 is 10.1 Å². The number of hydrogen-bond acceptors (Lipinski definition) is 2. The number of aryl methyl sites for hydroxylation is 1. The molecule has 0 radical (unpaired) electrons. The van der Waals surface area contributed by atoms with Gasteiger partial charge in [0.05, 0.1) is 12.1 Å². The van der Waals surface area contributed by atoms with Crippen molar-refractivity contribution in [3.05, 3.63) is 47.5 Å². The van der Waals surface area contributed by atoms with E-state index in [2.05, 4.69) is 55.6 Å². The van der Waals surface area contributed by atoms with Gasteiger partial charge in [-0.25, -0.2) is 0 Å². The zero-order chi connectivity index (χ0) is 13.9. The monoisotopic (exact) mass is 269 g/mol. The minimum absolute atomic E-state index is 0.299. The van der Waals surface area contributed by atoms with E-state index in [1.807, 2.05) is 0 Å². The zero-order valence-corrected chi connectivity index (χ0v) is 12.4. The predicted molar refractivity (Wildman–Crippen MR) is 84.1 cm³/mol. The highest BCUT2D eigenvalue weighted by molar-refractivity contribution is 5.89. The van der Waals surface area contributed by atoms with Crippen LogP contribution in [0.2, 0.25) is 0 Å². The van der Waals surface area contributed by atoms with E-state index < -0.39 is 0 Å². The number of likely N-dealkylation sites (N-methyl/N-ethyl adjacent to an activating group) is 1. The first-order valence-electron chi connectivity index (χ1n) is 7.64. The van der Waals surface area contributed by atoms with Crippen LogP contribution in [-0.4, -0.2) is 19.3 Å². The average Bonchev–Trinajstić information content (AvgIpc) is 3.00. The third-order valence-electron chi connectivity index (χ3n) is 4.27. The summed E-state index contributed by atoms with van der Waals surface area (Å²) in [4.78, 5) is 0. The second-order valence-electron chi connectivity index (χ2n) is 5.60. The van der Waals surface area contributed by atoms with Crippen LogP contribution in [0.5, 0.6) is 0 Å². The van der Waals surface area contributed by atoms with Gasteiger partial charge in [0.25, 0.3) is 0 Å². The molecule has 0 aromatic heterocycles. The van der Waals surface area contributed by atoms with Gasteiger partial charge in [-0.1, -0.05) is 43.3 Å². The lowest BCUT2D eigenvalue weighted by atomic mass is 9.92. The fourth-order valence-electron chi connectivity index (χ4n) is 3.27. The van der Waals surface area contributed by atoms with E-state index in [9.17, 15) is 0 Å². The Kier molecular flexibility index (Phi) is 4.04. The van der Waals surface area contributed by atoms with Crippen molar-refractivity contribution >= 4 is 10.8 Å². The largest absolute Gasteiger partial charge is 0.376 e. The van der Waals surface area contributed by atoms with Crippen LogP contribution in [0.15, 0.2) is 36.4 Å². The van der Waals surface area contributed by atoms with Gasteiger partial charge in [-0.3, -0.25) is 0 Å². The van der Waals surface area contributed by atoms with Crippen LogP contribution in [0.4, 0.5) is 0 Å². The van der Waals surface area contributed by atoms with Crippen molar-refractivity contribution in [2.45, 2.75) is 38.8 Å². The minimum Gasteiger partial charge on any atom is -0.376 e. The Bertz CT molecular complexity index is 587. The predicted octanol–water partition coefficient (Wildman–Crippen LogP) is 3.98. The molecule has 106 valence electrons. The maximum Gasteiger partial charge on any atom is 0.0770 e. The summed E-state index contributed by atoms with van der Waals surface area (Å²) in [6, 6.07) is 13.5. The SMILES string of the molecule is CCNC(c1ccc(C)c2ccccc12)C1CCCO1. The van der Waals surface area contributed by atoms with Crippen molar-refractivity contribution in [2.24, 2.45) is 0 Å². The Morgan fingerprint density at radius 2 is 2.00 bits per heavy atom. The smallest absolute Gasteiger partial charge is 0.0770 e. The van der Waals surface area contributed by atoms with E-state index in [-0.39, 0.29) is 0 Å². The molecule has 2 aromatic carbocycles. The maximum atomic E-state index is 5.94. The van der Waals surface area contributed by atoms with Crippen LogP contribution < -0.4 is 5.32 Å². The number of rotatable bonds is 4. The van der Waals surface area contributed by atoms with Gasteiger partial charge in [-0.05, 0) is 48.2 Å². The van der Waals surface area contributed by atoms with E-state index in [1.54, 1.807) is 0 Å². The summed E-state index contributed by atoms with van der Waals surface area (Å²) < 4.78 is 5.94. The summed E-state index contributed by atoms with van der Waals surface area (Å²) >= 11 is 0. The van der Waals surface area contributed by atoms with E-state index in [0.717, 1.165) is 19.6 Å². The molecule has 2 unspecified atom stereocenters. The van der Waals surface area contributed by atoms with Crippen LogP contribution in [0.3, 0.4) is 0 Å². The first-order chi connectivity index (χ1) is 9.81. The lowest BCUT2D eigenvalue weighted by Gasteiger charge is -2.26. The molecule has 1 saturated heterocycles. The van der Waals surface area contributed by atoms with Gasteiger partial charge in [-0.15, -0.1) is 0 Å². The molecular formula is C18H23NO. The number of ether oxygens (including phenoxy) is 1. The second kappa shape index (κ2) is 5.94. The summed E-state index contributed by atoms with van der Waals surface area (Å²) in [5.41, 5.74) is 2.71. The van der Waals surface area contributed by atoms with Crippen molar-refractivity contribution in [1.82, 2.24) is 5.32 Å². The molecule has 2 nitrogen and oxygen atoms in total.